The zero-order valence-corrected chi connectivity index (χ0v) is 18.6. The van der Waals surface area contributed by atoms with E-state index in [1.54, 1.807) is 0 Å². The smallest absolute Gasteiger partial charge is 0.242 e. The summed E-state index contributed by atoms with van der Waals surface area (Å²) < 4.78 is 26.1. The van der Waals surface area contributed by atoms with Crippen LogP contribution in [0, 0.1) is 0 Å². The molecule has 1 aliphatic heterocycles. The average molecular weight is 453 g/mol. The molecule has 10 nitrogen and oxygen atoms in total. The molecule has 2 rings (SSSR count). The van der Waals surface area contributed by atoms with Crippen LogP contribution < -0.4 is 21.5 Å². The number of unbranched alkanes of at least 4 members (excludes halogenated alkanes) is 1. The Morgan fingerprint density at radius 2 is 1.94 bits per heavy atom. The van der Waals surface area contributed by atoms with Gasteiger partial charge in [-0.15, -0.1) is 0 Å². The number of benzene rings is 1. The Kier molecular flexibility index (Phi) is 9.25. The summed E-state index contributed by atoms with van der Waals surface area (Å²) in [4.78, 5) is 31.2. The lowest BCUT2D eigenvalue weighted by Gasteiger charge is -2.28. The normalized spacial score (nSPS) is 17.2. The number of nitrogens with one attached hydrogen (secondary N) is 2. The van der Waals surface area contributed by atoms with Crippen molar-refractivity contribution in [2.24, 2.45) is 16.5 Å². The highest BCUT2D eigenvalue weighted by Crippen LogP contribution is 2.20. The molecule has 1 heterocycles. The maximum Gasteiger partial charge on any atom is 0.242 e. The molecular weight excluding hydrogens is 420 g/mol. The van der Waals surface area contributed by atoms with E-state index < -0.39 is 22.1 Å². The van der Waals surface area contributed by atoms with Crippen molar-refractivity contribution in [1.29, 1.82) is 0 Å². The van der Waals surface area contributed by atoms with Crippen molar-refractivity contribution in [2.75, 3.05) is 25.9 Å². The van der Waals surface area contributed by atoms with Gasteiger partial charge in [0.2, 0.25) is 21.8 Å². The van der Waals surface area contributed by atoms with E-state index in [0.29, 0.717) is 38.9 Å². The standard InChI is InChI=1S/C20H32N6O4S/c1-31(29,30)25-16(14-15-8-3-2-4-9-15)19(28)26-13-7-10-17(26)18(27)23-11-5-6-12-24-20(21)22/h2-4,8-9,16-17,25H,5-7,10-14H2,1H3,(H,23,27)(H4,21,22,24)/t16-,17+/m1/s1. The molecule has 1 aliphatic rings. The number of guanidine groups is 1. The second-order valence-electron chi connectivity index (χ2n) is 7.63. The van der Waals surface area contributed by atoms with E-state index >= 15 is 0 Å². The van der Waals surface area contributed by atoms with Crippen molar-refractivity contribution >= 4 is 27.8 Å². The molecule has 0 spiro atoms. The van der Waals surface area contributed by atoms with E-state index in [4.69, 9.17) is 11.5 Å². The maximum absolute atomic E-state index is 13.2. The Morgan fingerprint density at radius 3 is 2.58 bits per heavy atom. The molecule has 0 bridgehead atoms. The number of sulfonamides is 1. The van der Waals surface area contributed by atoms with Crippen LogP contribution in [0.1, 0.15) is 31.2 Å². The summed E-state index contributed by atoms with van der Waals surface area (Å²) in [6, 6.07) is 7.60. The van der Waals surface area contributed by atoms with Crippen molar-refractivity contribution in [1.82, 2.24) is 14.9 Å². The Balaban J connectivity index is 1.99. The van der Waals surface area contributed by atoms with Crippen LogP contribution >= 0.6 is 0 Å². The molecule has 0 radical (unpaired) electrons. The zero-order chi connectivity index (χ0) is 22.9. The summed E-state index contributed by atoms with van der Waals surface area (Å²) in [5.41, 5.74) is 11.4. The van der Waals surface area contributed by atoms with Gasteiger partial charge in [-0.2, -0.15) is 0 Å². The molecule has 172 valence electrons. The second-order valence-corrected chi connectivity index (χ2v) is 9.41. The number of hydrogen-bond acceptors (Lipinski definition) is 5. The van der Waals surface area contributed by atoms with Gasteiger partial charge in [0.05, 0.1) is 6.26 Å². The summed E-state index contributed by atoms with van der Waals surface area (Å²) in [6.45, 7) is 1.36. The number of rotatable bonds is 11. The van der Waals surface area contributed by atoms with Gasteiger partial charge in [0.15, 0.2) is 5.96 Å². The summed E-state index contributed by atoms with van der Waals surface area (Å²) in [7, 11) is -3.61. The Labute approximate surface area is 183 Å². The van der Waals surface area contributed by atoms with Gasteiger partial charge in [0, 0.05) is 19.6 Å². The molecule has 2 amide bonds. The second kappa shape index (κ2) is 11.7. The van der Waals surface area contributed by atoms with Crippen LogP contribution in [-0.4, -0.2) is 69.1 Å². The number of nitrogens with zero attached hydrogens (tertiary/aromatic N) is 2. The van der Waals surface area contributed by atoms with Crippen LogP contribution in [0.5, 0.6) is 0 Å². The number of amides is 2. The molecule has 1 saturated heterocycles. The number of carbonyl (C=O) groups is 2. The van der Waals surface area contributed by atoms with Crippen LogP contribution in [0.25, 0.3) is 0 Å². The fraction of sp³-hybridized carbons (Fsp3) is 0.550. The molecule has 6 N–H and O–H groups in total. The predicted molar refractivity (Wildman–Crippen MR) is 120 cm³/mol. The van der Waals surface area contributed by atoms with Gasteiger partial charge in [-0.3, -0.25) is 14.6 Å². The van der Waals surface area contributed by atoms with Gasteiger partial charge in [0.25, 0.3) is 0 Å². The minimum absolute atomic E-state index is 0.0388. The first-order chi connectivity index (χ1) is 14.7. The fourth-order valence-corrected chi connectivity index (χ4v) is 4.27. The van der Waals surface area contributed by atoms with Crippen molar-refractivity contribution in [3.05, 3.63) is 35.9 Å². The number of nitrogens with two attached hydrogens (primary N) is 2. The lowest BCUT2D eigenvalue weighted by Crippen LogP contribution is -2.54. The van der Waals surface area contributed by atoms with Crippen LogP contribution in [0.3, 0.4) is 0 Å². The monoisotopic (exact) mass is 452 g/mol. The largest absolute Gasteiger partial charge is 0.370 e. The SMILES string of the molecule is CS(=O)(=O)N[C@H](Cc1ccccc1)C(=O)N1CCC[C@H]1C(=O)NCCCCN=C(N)N. The van der Waals surface area contributed by atoms with Crippen molar-refractivity contribution in [2.45, 2.75) is 44.2 Å². The summed E-state index contributed by atoms with van der Waals surface area (Å²) in [5, 5.41) is 2.85. The third kappa shape index (κ3) is 8.54. The molecule has 11 heteroatoms. The lowest BCUT2D eigenvalue weighted by molar-refractivity contribution is -0.139. The molecule has 0 aromatic heterocycles. The van der Waals surface area contributed by atoms with Crippen LogP contribution in [0.4, 0.5) is 0 Å². The molecule has 0 aliphatic carbocycles. The maximum atomic E-state index is 13.2. The van der Waals surface area contributed by atoms with E-state index in [-0.39, 0.29) is 24.2 Å². The highest BCUT2D eigenvalue weighted by molar-refractivity contribution is 7.88. The Bertz CT molecular complexity index is 871. The third-order valence-electron chi connectivity index (χ3n) is 4.95. The number of likely N-dealkylation sites (tertiary alicyclic amines) is 1. The first-order valence-electron chi connectivity index (χ1n) is 10.3. The minimum atomic E-state index is -3.61. The molecule has 1 fully saturated rings. The van der Waals surface area contributed by atoms with Crippen molar-refractivity contribution < 1.29 is 18.0 Å². The van der Waals surface area contributed by atoms with Gasteiger partial charge < -0.3 is 21.7 Å². The molecular formula is C20H32N6O4S. The highest BCUT2D eigenvalue weighted by Gasteiger charge is 2.37. The first-order valence-corrected chi connectivity index (χ1v) is 12.2. The van der Waals surface area contributed by atoms with Crippen LogP contribution in [0.2, 0.25) is 0 Å². The minimum Gasteiger partial charge on any atom is -0.370 e. The van der Waals surface area contributed by atoms with Gasteiger partial charge in [0.1, 0.15) is 12.1 Å². The van der Waals surface area contributed by atoms with Gasteiger partial charge in [-0.1, -0.05) is 30.3 Å². The fourth-order valence-electron chi connectivity index (χ4n) is 3.57. The highest BCUT2D eigenvalue weighted by atomic mass is 32.2. The van der Waals surface area contributed by atoms with Gasteiger partial charge in [-0.25, -0.2) is 13.1 Å². The van der Waals surface area contributed by atoms with Crippen molar-refractivity contribution in [3.8, 4) is 0 Å². The number of carbonyl (C=O) groups excluding carboxylic acids is 2. The molecule has 2 atom stereocenters. The van der Waals surface area contributed by atoms with Gasteiger partial charge in [-0.05, 0) is 37.7 Å². The average Bonchev–Trinajstić information content (AvgIpc) is 3.19. The van der Waals surface area contributed by atoms with Crippen LogP contribution in [0.15, 0.2) is 35.3 Å². The summed E-state index contributed by atoms with van der Waals surface area (Å²) in [6.07, 6.45) is 3.89. The number of hydrogen-bond donors (Lipinski definition) is 4. The number of aliphatic imine (C=N–C) groups is 1. The predicted octanol–water partition coefficient (Wildman–Crippen LogP) is -0.692. The topological polar surface area (TPSA) is 160 Å². The molecule has 0 saturated carbocycles. The Hall–Kier alpha value is -2.66. The van der Waals surface area contributed by atoms with E-state index in [9.17, 15) is 18.0 Å². The molecule has 1 aromatic carbocycles. The lowest BCUT2D eigenvalue weighted by atomic mass is 10.1. The van der Waals surface area contributed by atoms with E-state index in [1.165, 1.54) is 4.90 Å². The zero-order valence-electron chi connectivity index (χ0n) is 17.8. The van der Waals surface area contributed by atoms with E-state index in [2.05, 4.69) is 15.0 Å². The molecule has 1 aromatic rings. The molecule has 31 heavy (non-hydrogen) atoms. The quantitative estimate of drug-likeness (QED) is 0.197. The van der Waals surface area contributed by atoms with Gasteiger partial charge >= 0.3 is 0 Å². The molecule has 0 unspecified atom stereocenters. The summed E-state index contributed by atoms with van der Waals surface area (Å²) >= 11 is 0. The van der Waals surface area contributed by atoms with Crippen molar-refractivity contribution in [3.63, 3.8) is 0 Å². The Morgan fingerprint density at radius 1 is 1.23 bits per heavy atom. The first kappa shape index (κ1) is 24.6. The summed E-state index contributed by atoms with van der Waals surface area (Å²) in [5.74, 6) is -0.581. The van der Waals surface area contributed by atoms with E-state index in [1.807, 2.05) is 30.3 Å². The van der Waals surface area contributed by atoms with Crippen LogP contribution in [-0.2, 0) is 26.0 Å². The van der Waals surface area contributed by atoms with E-state index in [0.717, 1.165) is 18.2 Å². The third-order valence-corrected chi connectivity index (χ3v) is 5.67.